The van der Waals surface area contributed by atoms with Crippen LogP contribution in [0.4, 0.5) is 0 Å². The number of nitriles is 1. The quantitative estimate of drug-likeness (QED) is 0.814. The van der Waals surface area contributed by atoms with Gasteiger partial charge < -0.3 is 29.8 Å². The Balaban J connectivity index is 1.80. The number of aliphatic hydroxyl groups is 1. The smallest absolute Gasteiger partial charge is 0.190 e. The molecule has 130 valence electrons. The molecule has 24 heavy (non-hydrogen) atoms. The number of aliphatic hydroxyl groups excluding tert-OH is 1. The number of fused-ring (bicyclic) bond motifs is 1. The van der Waals surface area contributed by atoms with E-state index in [2.05, 4.69) is 0 Å². The van der Waals surface area contributed by atoms with Crippen molar-refractivity contribution in [1.82, 2.24) is 0 Å². The second-order valence-corrected chi connectivity index (χ2v) is 6.60. The summed E-state index contributed by atoms with van der Waals surface area (Å²) in [6, 6.07) is 11.5. The highest BCUT2D eigenvalue weighted by Crippen LogP contribution is 2.41. The normalized spacial score (nSPS) is 33.6. The molecule has 7 nitrogen and oxygen atoms in total. The molecule has 3 rings (SSSR count). The third-order valence-electron chi connectivity index (χ3n) is 4.25. The molecular formula is C17H22N2O5. The van der Waals surface area contributed by atoms with E-state index in [1.165, 1.54) is 0 Å². The zero-order chi connectivity index (χ0) is 17.4. The van der Waals surface area contributed by atoms with Crippen molar-refractivity contribution in [2.45, 2.75) is 56.4 Å². The Bertz CT molecular complexity index is 617. The Morgan fingerprint density at radius 1 is 1.33 bits per heavy atom. The number of nitrogens with zero attached hydrogens (tertiary/aromatic N) is 1. The zero-order valence-corrected chi connectivity index (χ0v) is 13.7. The lowest BCUT2D eigenvalue weighted by atomic mass is 9.91. The average Bonchev–Trinajstić information content (AvgIpc) is 3.05. The third kappa shape index (κ3) is 3.17. The van der Waals surface area contributed by atoms with Gasteiger partial charge in [0.05, 0.1) is 19.3 Å². The second-order valence-electron chi connectivity index (χ2n) is 6.60. The predicted octanol–water partition coefficient (Wildman–Crippen LogP) is 0.662. The van der Waals surface area contributed by atoms with Gasteiger partial charge in [-0.05, 0) is 19.4 Å². The Kier molecular flexibility index (Phi) is 4.62. The third-order valence-corrected chi connectivity index (χ3v) is 4.25. The minimum Gasteiger partial charge on any atom is -0.393 e. The predicted molar refractivity (Wildman–Crippen MR) is 83.3 cm³/mol. The van der Waals surface area contributed by atoms with Crippen molar-refractivity contribution < 1.29 is 24.1 Å². The molecule has 2 aliphatic heterocycles. The molecule has 1 aromatic carbocycles. The molecule has 2 saturated heterocycles. The fourth-order valence-electron chi connectivity index (χ4n) is 3.03. The maximum Gasteiger partial charge on any atom is 0.190 e. The SMILES string of the molecule is CC1(C)O[C@H]2O[C@H](C(N)(C#N)CO)[C@H](OCc3ccccc3)[C@H]2O1. The molecular weight excluding hydrogens is 312 g/mol. The number of benzene rings is 1. The molecule has 0 aromatic heterocycles. The minimum atomic E-state index is -1.59. The van der Waals surface area contributed by atoms with E-state index in [-0.39, 0.29) is 0 Å². The lowest BCUT2D eigenvalue weighted by Crippen LogP contribution is -2.58. The molecule has 1 aromatic rings. The lowest BCUT2D eigenvalue weighted by molar-refractivity contribution is -0.225. The van der Waals surface area contributed by atoms with E-state index in [1.54, 1.807) is 13.8 Å². The van der Waals surface area contributed by atoms with Crippen LogP contribution in [0.25, 0.3) is 0 Å². The van der Waals surface area contributed by atoms with E-state index in [4.69, 9.17) is 24.7 Å². The Morgan fingerprint density at radius 2 is 2.04 bits per heavy atom. The van der Waals surface area contributed by atoms with Crippen molar-refractivity contribution in [2.24, 2.45) is 5.73 Å². The fraction of sp³-hybridized carbons (Fsp3) is 0.588. The van der Waals surface area contributed by atoms with Crippen molar-refractivity contribution in [3.05, 3.63) is 35.9 Å². The highest BCUT2D eigenvalue weighted by molar-refractivity contribution is 5.17. The van der Waals surface area contributed by atoms with Gasteiger partial charge in [0, 0.05) is 0 Å². The van der Waals surface area contributed by atoms with Gasteiger partial charge in [0.1, 0.15) is 18.3 Å². The van der Waals surface area contributed by atoms with Gasteiger partial charge in [-0.1, -0.05) is 30.3 Å². The van der Waals surface area contributed by atoms with E-state index < -0.39 is 42.5 Å². The molecule has 0 amide bonds. The van der Waals surface area contributed by atoms with Crippen molar-refractivity contribution >= 4 is 0 Å². The van der Waals surface area contributed by atoms with E-state index in [0.717, 1.165) is 5.56 Å². The Morgan fingerprint density at radius 3 is 2.67 bits per heavy atom. The van der Waals surface area contributed by atoms with Gasteiger partial charge in [-0.15, -0.1) is 0 Å². The molecule has 0 saturated carbocycles. The van der Waals surface area contributed by atoms with Crippen molar-refractivity contribution in [2.75, 3.05) is 6.61 Å². The van der Waals surface area contributed by atoms with Gasteiger partial charge in [0.2, 0.25) is 0 Å². The van der Waals surface area contributed by atoms with Gasteiger partial charge >= 0.3 is 0 Å². The summed E-state index contributed by atoms with van der Waals surface area (Å²) in [7, 11) is 0. The summed E-state index contributed by atoms with van der Waals surface area (Å²) in [4.78, 5) is 0. The first-order chi connectivity index (χ1) is 11.4. The molecule has 1 unspecified atom stereocenters. The standard InChI is InChI=1S/C17H22N2O5/c1-16(2)23-13-12(21-8-11-6-4-3-5-7-11)14(22-15(13)24-16)17(19,9-18)10-20/h3-7,12-15,20H,8,10,19H2,1-2H3/t12-,13-,14+,15-,17?/m1/s1. The van der Waals surface area contributed by atoms with Crippen LogP contribution < -0.4 is 5.73 Å². The van der Waals surface area contributed by atoms with Gasteiger partial charge in [-0.25, -0.2) is 0 Å². The van der Waals surface area contributed by atoms with Crippen LogP contribution in [-0.4, -0.2) is 47.6 Å². The summed E-state index contributed by atoms with van der Waals surface area (Å²) < 4.78 is 23.3. The molecule has 2 fully saturated rings. The molecule has 0 spiro atoms. The van der Waals surface area contributed by atoms with Crippen molar-refractivity contribution in [3.8, 4) is 6.07 Å². The van der Waals surface area contributed by atoms with Gasteiger partial charge in [-0.3, -0.25) is 0 Å². The van der Waals surface area contributed by atoms with E-state index >= 15 is 0 Å². The first kappa shape index (κ1) is 17.3. The number of hydrogen-bond acceptors (Lipinski definition) is 7. The summed E-state index contributed by atoms with van der Waals surface area (Å²) in [6.07, 6.45) is -2.69. The minimum absolute atomic E-state index is 0.311. The molecule has 0 bridgehead atoms. The molecule has 0 radical (unpaired) electrons. The average molecular weight is 334 g/mol. The van der Waals surface area contributed by atoms with Crippen molar-refractivity contribution in [1.29, 1.82) is 5.26 Å². The van der Waals surface area contributed by atoms with Crippen LogP contribution in [0.5, 0.6) is 0 Å². The number of nitrogens with two attached hydrogens (primary N) is 1. The second kappa shape index (κ2) is 6.41. The van der Waals surface area contributed by atoms with Gasteiger partial charge in [0.15, 0.2) is 17.6 Å². The lowest BCUT2D eigenvalue weighted by Gasteiger charge is -2.32. The first-order valence-electron chi connectivity index (χ1n) is 7.86. The van der Waals surface area contributed by atoms with Crippen LogP contribution in [-0.2, 0) is 25.6 Å². The maximum absolute atomic E-state index is 9.55. The molecule has 2 heterocycles. The molecule has 2 aliphatic rings. The summed E-state index contributed by atoms with van der Waals surface area (Å²) in [5.41, 5.74) is 5.38. The Labute approximate surface area is 140 Å². The van der Waals surface area contributed by atoms with Crippen molar-refractivity contribution in [3.63, 3.8) is 0 Å². The van der Waals surface area contributed by atoms with Crippen LogP contribution >= 0.6 is 0 Å². The van der Waals surface area contributed by atoms with Gasteiger partial charge in [-0.2, -0.15) is 5.26 Å². The summed E-state index contributed by atoms with van der Waals surface area (Å²) in [5.74, 6) is -0.808. The highest BCUT2D eigenvalue weighted by Gasteiger charge is 2.60. The largest absolute Gasteiger partial charge is 0.393 e. The van der Waals surface area contributed by atoms with Crippen LogP contribution in [0, 0.1) is 11.3 Å². The molecule has 7 heteroatoms. The van der Waals surface area contributed by atoms with E-state index in [9.17, 15) is 10.4 Å². The zero-order valence-electron chi connectivity index (χ0n) is 13.7. The molecule has 0 aliphatic carbocycles. The van der Waals surface area contributed by atoms with Crippen LogP contribution in [0.2, 0.25) is 0 Å². The fourth-order valence-corrected chi connectivity index (χ4v) is 3.03. The first-order valence-corrected chi connectivity index (χ1v) is 7.86. The van der Waals surface area contributed by atoms with E-state index in [0.29, 0.717) is 6.61 Å². The van der Waals surface area contributed by atoms with Crippen LogP contribution in [0.15, 0.2) is 30.3 Å². The summed E-state index contributed by atoms with van der Waals surface area (Å²) >= 11 is 0. The summed E-state index contributed by atoms with van der Waals surface area (Å²) in [5, 5.41) is 18.9. The number of ether oxygens (including phenoxy) is 4. The Hall–Kier alpha value is -1.53. The number of hydrogen-bond donors (Lipinski definition) is 2. The molecule has 5 atom stereocenters. The van der Waals surface area contributed by atoms with Crippen LogP contribution in [0.1, 0.15) is 19.4 Å². The molecule has 3 N–H and O–H groups in total. The monoisotopic (exact) mass is 334 g/mol. The summed E-state index contributed by atoms with van der Waals surface area (Å²) in [6.45, 7) is 3.32. The van der Waals surface area contributed by atoms with E-state index in [1.807, 2.05) is 36.4 Å². The van der Waals surface area contributed by atoms with Gasteiger partial charge in [0.25, 0.3) is 0 Å². The number of rotatable bonds is 5. The maximum atomic E-state index is 9.55. The topological polar surface area (TPSA) is 107 Å². The highest BCUT2D eigenvalue weighted by atomic mass is 16.8. The van der Waals surface area contributed by atoms with Crippen LogP contribution in [0.3, 0.4) is 0 Å².